The predicted octanol–water partition coefficient (Wildman–Crippen LogP) is 1.81. The third-order valence-electron chi connectivity index (χ3n) is 3.39. The van der Waals surface area contributed by atoms with Crippen molar-refractivity contribution in [3.63, 3.8) is 0 Å². The molecular weight excluding hydrogens is 220 g/mol. The highest BCUT2D eigenvalue weighted by Crippen LogP contribution is 2.31. The summed E-state index contributed by atoms with van der Waals surface area (Å²) in [6.07, 6.45) is 1.94. The van der Waals surface area contributed by atoms with Crippen LogP contribution in [-0.2, 0) is 4.79 Å². The van der Waals surface area contributed by atoms with Crippen LogP contribution >= 0.6 is 0 Å². The number of nitrogens with two attached hydrogens (primary N) is 1. The molecule has 5 heteroatoms. The number of carbonyl (C=O) groups excluding carboxylic acids is 1. The molecule has 0 saturated heterocycles. The maximum atomic E-state index is 11.3. The highest BCUT2D eigenvalue weighted by molar-refractivity contribution is 5.76. The molecule has 0 aromatic rings. The van der Waals surface area contributed by atoms with Gasteiger partial charge in [-0.2, -0.15) is 0 Å². The number of hydrogen-bond acceptors (Lipinski definition) is 2. The van der Waals surface area contributed by atoms with Crippen LogP contribution < -0.4 is 5.73 Å². The van der Waals surface area contributed by atoms with E-state index in [1.807, 2.05) is 20.8 Å². The van der Waals surface area contributed by atoms with Crippen molar-refractivity contribution in [2.24, 2.45) is 11.7 Å². The number of carbonyl (C=O) groups is 2. The van der Waals surface area contributed by atoms with Crippen LogP contribution in [0.15, 0.2) is 0 Å². The first-order valence-electron chi connectivity index (χ1n) is 6.05. The smallest absolute Gasteiger partial charge is 0.407 e. The van der Waals surface area contributed by atoms with Crippen molar-refractivity contribution >= 4 is 12.0 Å². The van der Waals surface area contributed by atoms with Crippen LogP contribution in [0.25, 0.3) is 0 Å². The average Bonchev–Trinajstić information content (AvgIpc) is 2.15. The molecule has 0 unspecified atom stereocenters. The highest BCUT2D eigenvalue weighted by Gasteiger charge is 2.36. The Kier molecular flexibility index (Phi) is 4.01. The van der Waals surface area contributed by atoms with Crippen LogP contribution in [0.4, 0.5) is 4.79 Å². The predicted molar refractivity (Wildman–Crippen MR) is 64.6 cm³/mol. The second-order valence-corrected chi connectivity index (χ2v) is 5.73. The van der Waals surface area contributed by atoms with Crippen molar-refractivity contribution in [3.05, 3.63) is 0 Å². The zero-order chi connectivity index (χ0) is 13.2. The van der Waals surface area contributed by atoms with E-state index in [1.54, 1.807) is 0 Å². The van der Waals surface area contributed by atoms with Gasteiger partial charge in [0.15, 0.2) is 0 Å². The standard InChI is InChI=1S/C12H22N2O3/c1-12(2,3)14(11(16)17)9-6-4-8(5-7-9)10(13)15/h8-9H,4-7H2,1-3H3,(H2,13,15)(H,16,17). The lowest BCUT2D eigenvalue weighted by Crippen LogP contribution is -2.52. The van der Waals surface area contributed by atoms with Crippen LogP contribution in [0.1, 0.15) is 46.5 Å². The Morgan fingerprint density at radius 1 is 1.18 bits per heavy atom. The van der Waals surface area contributed by atoms with E-state index in [4.69, 9.17) is 5.73 Å². The van der Waals surface area contributed by atoms with Gasteiger partial charge in [0, 0.05) is 17.5 Å². The molecule has 0 aromatic carbocycles. The highest BCUT2D eigenvalue weighted by atomic mass is 16.4. The van der Waals surface area contributed by atoms with Gasteiger partial charge >= 0.3 is 6.09 Å². The summed E-state index contributed by atoms with van der Waals surface area (Å²) in [5.74, 6) is -0.344. The molecule has 17 heavy (non-hydrogen) atoms. The molecule has 1 rings (SSSR count). The van der Waals surface area contributed by atoms with Gasteiger partial charge in [0.2, 0.25) is 5.91 Å². The van der Waals surface area contributed by atoms with Gasteiger partial charge in [-0.05, 0) is 46.5 Å². The van der Waals surface area contributed by atoms with E-state index < -0.39 is 11.6 Å². The van der Waals surface area contributed by atoms with Gasteiger partial charge in [0.05, 0.1) is 0 Å². The summed E-state index contributed by atoms with van der Waals surface area (Å²) in [7, 11) is 0. The normalized spacial score (nSPS) is 25.4. The molecule has 0 radical (unpaired) electrons. The maximum absolute atomic E-state index is 11.3. The molecule has 1 aliphatic rings. The number of nitrogens with zero attached hydrogens (tertiary/aromatic N) is 1. The molecule has 0 spiro atoms. The Hall–Kier alpha value is -1.26. The topological polar surface area (TPSA) is 83.6 Å². The van der Waals surface area contributed by atoms with E-state index in [-0.39, 0.29) is 17.9 Å². The number of carboxylic acid groups (broad SMARTS) is 1. The molecule has 98 valence electrons. The van der Waals surface area contributed by atoms with E-state index >= 15 is 0 Å². The van der Waals surface area contributed by atoms with Gasteiger partial charge in [0.25, 0.3) is 0 Å². The molecular formula is C12H22N2O3. The summed E-state index contributed by atoms with van der Waals surface area (Å²) in [5.41, 5.74) is 4.86. The van der Waals surface area contributed by atoms with E-state index in [0.29, 0.717) is 12.8 Å². The monoisotopic (exact) mass is 242 g/mol. The molecule has 5 nitrogen and oxygen atoms in total. The van der Waals surface area contributed by atoms with Crippen LogP contribution in [-0.4, -0.2) is 33.6 Å². The van der Waals surface area contributed by atoms with E-state index in [9.17, 15) is 14.7 Å². The number of primary amides is 1. The van der Waals surface area contributed by atoms with Crippen molar-refractivity contribution in [2.75, 3.05) is 0 Å². The lowest BCUT2D eigenvalue weighted by atomic mass is 9.83. The van der Waals surface area contributed by atoms with Crippen molar-refractivity contribution < 1.29 is 14.7 Å². The summed E-state index contributed by atoms with van der Waals surface area (Å²) >= 11 is 0. The van der Waals surface area contributed by atoms with Gasteiger partial charge in [-0.25, -0.2) is 4.79 Å². The summed E-state index contributed by atoms with van der Waals surface area (Å²) < 4.78 is 0. The summed E-state index contributed by atoms with van der Waals surface area (Å²) in [6, 6.07) is 0.00287. The Morgan fingerprint density at radius 2 is 1.65 bits per heavy atom. The molecule has 1 aliphatic carbocycles. The molecule has 1 fully saturated rings. The molecule has 3 N–H and O–H groups in total. The fraction of sp³-hybridized carbons (Fsp3) is 0.833. The minimum absolute atomic E-state index is 0.00287. The second-order valence-electron chi connectivity index (χ2n) is 5.73. The largest absolute Gasteiger partial charge is 0.465 e. The zero-order valence-electron chi connectivity index (χ0n) is 10.8. The van der Waals surface area contributed by atoms with Crippen LogP contribution in [0.3, 0.4) is 0 Å². The quantitative estimate of drug-likeness (QED) is 0.774. The molecule has 0 aromatic heterocycles. The molecule has 0 heterocycles. The minimum Gasteiger partial charge on any atom is -0.465 e. The fourth-order valence-electron chi connectivity index (χ4n) is 2.61. The number of amides is 2. The van der Waals surface area contributed by atoms with E-state index in [2.05, 4.69) is 0 Å². The molecule has 2 amide bonds. The van der Waals surface area contributed by atoms with Gasteiger partial charge in [-0.15, -0.1) is 0 Å². The first-order chi connectivity index (χ1) is 7.73. The van der Waals surface area contributed by atoms with Crippen molar-refractivity contribution in [1.82, 2.24) is 4.90 Å². The lowest BCUT2D eigenvalue weighted by molar-refractivity contribution is -0.123. The Balaban J connectivity index is 2.68. The Morgan fingerprint density at radius 3 is 1.94 bits per heavy atom. The van der Waals surface area contributed by atoms with Crippen molar-refractivity contribution in [3.8, 4) is 0 Å². The van der Waals surface area contributed by atoms with Crippen LogP contribution in [0.5, 0.6) is 0 Å². The SMILES string of the molecule is CC(C)(C)N(C(=O)O)C1CCC(C(N)=O)CC1. The molecule has 0 aliphatic heterocycles. The molecule has 1 saturated carbocycles. The average molecular weight is 242 g/mol. The van der Waals surface area contributed by atoms with E-state index in [0.717, 1.165) is 12.8 Å². The first kappa shape index (κ1) is 13.8. The van der Waals surface area contributed by atoms with E-state index in [1.165, 1.54) is 4.90 Å². The van der Waals surface area contributed by atoms with Crippen LogP contribution in [0, 0.1) is 5.92 Å². The molecule has 0 bridgehead atoms. The first-order valence-corrected chi connectivity index (χ1v) is 6.05. The van der Waals surface area contributed by atoms with Crippen molar-refractivity contribution in [1.29, 1.82) is 0 Å². The van der Waals surface area contributed by atoms with Gasteiger partial charge in [0.1, 0.15) is 0 Å². The summed E-state index contributed by atoms with van der Waals surface area (Å²) in [4.78, 5) is 23.9. The molecule has 0 atom stereocenters. The number of hydrogen-bond donors (Lipinski definition) is 2. The third-order valence-corrected chi connectivity index (χ3v) is 3.39. The van der Waals surface area contributed by atoms with Gasteiger partial charge < -0.3 is 15.7 Å². The lowest BCUT2D eigenvalue weighted by Gasteiger charge is -2.42. The fourth-order valence-corrected chi connectivity index (χ4v) is 2.61. The second kappa shape index (κ2) is 4.94. The Bertz CT molecular complexity index is 301. The zero-order valence-corrected chi connectivity index (χ0v) is 10.8. The van der Waals surface area contributed by atoms with Gasteiger partial charge in [-0.1, -0.05) is 0 Å². The number of rotatable bonds is 2. The maximum Gasteiger partial charge on any atom is 0.407 e. The third kappa shape index (κ3) is 3.35. The minimum atomic E-state index is -0.889. The summed E-state index contributed by atoms with van der Waals surface area (Å²) in [6.45, 7) is 5.67. The van der Waals surface area contributed by atoms with Crippen LogP contribution in [0.2, 0.25) is 0 Å². The van der Waals surface area contributed by atoms with Crippen molar-refractivity contribution in [2.45, 2.75) is 58.0 Å². The van der Waals surface area contributed by atoms with Gasteiger partial charge in [-0.3, -0.25) is 4.79 Å². The Labute approximate surface area is 102 Å². The summed E-state index contributed by atoms with van der Waals surface area (Å²) in [5, 5.41) is 9.27.